The van der Waals surface area contributed by atoms with Gasteiger partial charge in [-0.2, -0.15) is 5.10 Å². The summed E-state index contributed by atoms with van der Waals surface area (Å²) in [6, 6.07) is 16.6. The van der Waals surface area contributed by atoms with Gasteiger partial charge in [-0.15, -0.1) is 0 Å². The second-order valence-electron chi connectivity index (χ2n) is 9.20. The zero-order chi connectivity index (χ0) is 24.5. The van der Waals surface area contributed by atoms with E-state index in [0.29, 0.717) is 24.3 Å². The van der Waals surface area contributed by atoms with Crippen molar-refractivity contribution >= 4 is 17.2 Å². The van der Waals surface area contributed by atoms with Crippen molar-refractivity contribution in [2.45, 2.75) is 27.2 Å². The van der Waals surface area contributed by atoms with Crippen molar-refractivity contribution in [3.63, 3.8) is 0 Å². The van der Waals surface area contributed by atoms with Crippen molar-refractivity contribution in [3.05, 3.63) is 88.4 Å². The van der Waals surface area contributed by atoms with E-state index >= 15 is 0 Å². The molecule has 4 aromatic rings. The molecule has 0 radical (unpaired) electrons. The van der Waals surface area contributed by atoms with Crippen LogP contribution in [0.4, 0.5) is 5.69 Å². The fourth-order valence-corrected chi connectivity index (χ4v) is 4.77. The molecule has 1 aliphatic rings. The Morgan fingerprint density at radius 1 is 1.00 bits per heavy atom. The van der Waals surface area contributed by atoms with Crippen LogP contribution in [0.3, 0.4) is 0 Å². The quantitative estimate of drug-likeness (QED) is 0.438. The Balaban J connectivity index is 1.34. The van der Waals surface area contributed by atoms with E-state index in [9.17, 15) is 4.79 Å². The molecule has 1 amide bonds. The van der Waals surface area contributed by atoms with Gasteiger partial charge in [0.2, 0.25) is 0 Å². The third kappa shape index (κ3) is 4.46. The Hall–Kier alpha value is -3.87. The van der Waals surface area contributed by atoms with Gasteiger partial charge >= 0.3 is 0 Å². The van der Waals surface area contributed by atoms with E-state index in [4.69, 9.17) is 9.72 Å². The third-order valence-corrected chi connectivity index (χ3v) is 6.93. The van der Waals surface area contributed by atoms with E-state index in [-0.39, 0.29) is 5.91 Å². The molecule has 1 fully saturated rings. The van der Waals surface area contributed by atoms with Crippen LogP contribution in [0.5, 0.6) is 5.75 Å². The van der Waals surface area contributed by atoms with Crippen molar-refractivity contribution in [3.8, 4) is 5.75 Å². The number of methoxy groups -OCH3 is 1. The largest absolute Gasteiger partial charge is 0.497 e. The fraction of sp³-hybridized carbons (Fsp3) is 0.321. The monoisotopic (exact) mass is 469 g/mol. The minimum Gasteiger partial charge on any atom is -0.497 e. The van der Waals surface area contributed by atoms with Crippen LogP contribution in [-0.4, -0.2) is 58.7 Å². The summed E-state index contributed by atoms with van der Waals surface area (Å²) in [6.07, 6.45) is 2.46. The van der Waals surface area contributed by atoms with Gasteiger partial charge in [0.15, 0.2) is 5.65 Å². The molecule has 180 valence electrons. The zero-order valence-corrected chi connectivity index (χ0v) is 20.8. The number of anilines is 1. The van der Waals surface area contributed by atoms with Gasteiger partial charge in [-0.1, -0.05) is 35.9 Å². The Morgan fingerprint density at radius 3 is 2.46 bits per heavy atom. The summed E-state index contributed by atoms with van der Waals surface area (Å²) in [4.78, 5) is 22.5. The van der Waals surface area contributed by atoms with E-state index in [1.807, 2.05) is 34.5 Å². The third-order valence-electron chi connectivity index (χ3n) is 6.93. The number of hydrogen-bond acceptors (Lipinski definition) is 5. The van der Waals surface area contributed by atoms with Crippen LogP contribution in [0.15, 0.2) is 54.7 Å². The maximum Gasteiger partial charge on any atom is 0.259 e. The van der Waals surface area contributed by atoms with Crippen LogP contribution < -0.4 is 9.64 Å². The maximum absolute atomic E-state index is 13.4. The summed E-state index contributed by atoms with van der Waals surface area (Å²) < 4.78 is 7.17. The molecule has 1 saturated heterocycles. The lowest BCUT2D eigenvalue weighted by molar-refractivity contribution is 0.0748. The van der Waals surface area contributed by atoms with Crippen molar-refractivity contribution in [2.75, 3.05) is 38.2 Å². The molecule has 7 heteroatoms. The van der Waals surface area contributed by atoms with Gasteiger partial charge in [0.05, 0.1) is 13.3 Å². The molecular formula is C28H31N5O2. The molecule has 0 atom stereocenters. The van der Waals surface area contributed by atoms with Gasteiger partial charge in [0.25, 0.3) is 5.91 Å². The number of fused-ring (bicyclic) bond motifs is 1. The molecule has 0 spiro atoms. The van der Waals surface area contributed by atoms with E-state index in [1.54, 1.807) is 13.3 Å². The molecule has 0 N–H and O–H groups in total. The summed E-state index contributed by atoms with van der Waals surface area (Å²) >= 11 is 0. The average molecular weight is 470 g/mol. The number of hydrogen-bond donors (Lipinski definition) is 0. The smallest absolute Gasteiger partial charge is 0.259 e. The lowest BCUT2D eigenvalue weighted by atomic mass is 10.0. The molecule has 0 saturated carbocycles. The molecule has 0 unspecified atom stereocenters. The first kappa shape index (κ1) is 22.9. The Labute approximate surface area is 206 Å². The van der Waals surface area contributed by atoms with Crippen molar-refractivity contribution in [1.82, 2.24) is 19.5 Å². The molecule has 2 aromatic heterocycles. The molecule has 5 rings (SSSR count). The molecule has 0 bridgehead atoms. The summed E-state index contributed by atoms with van der Waals surface area (Å²) in [5, 5.41) is 4.56. The highest BCUT2D eigenvalue weighted by Gasteiger charge is 2.26. The standard InChI is InChI=1S/C28H31N5O2/c1-19-8-10-22(11-9-19)16-25-20(2)30-27-26(18-29-33(27)21(25)3)28(34)32-14-12-31(13-15-32)23-6-5-7-24(17-23)35-4/h5-11,17-18H,12-16H2,1-4H3. The van der Waals surface area contributed by atoms with Crippen LogP contribution >= 0.6 is 0 Å². The van der Waals surface area contributed by atoms with Gasteiger partial charge < -0.3 is 14.5 Å². The first-order valence-corrected chi connectivity index (χ1v) is 12.0. The highest BCUT2D eigenvalue weighted by molar-refractivity contribution is 5.99. The van der Waals surface area contributed by atoms with Crippen molar-refractivity contribution < 1.29 is 9.53 Å². The Morgan fingerprint density at radius 2 is 1.74 bits per heavy atom. The molecule has 0 aliphatic carbocycles. The highest BCUT2D eigenvalue weighted by Crippen LogP contribution is 2.24. The molecule has 1 aliphatic heterocycles. The van der Waals surface area contributed by atoms with E-state index in [2.05, 4.69) is 54.2 Å². The number of nitrogens with zero attached hydrogens (tertiary/aromatic N) is 5. The van der Waals surface area contributed by atoms with Crippen LogP contribution in [0.1, 0.15) is 38.4 Å². The molecule has 3 heterocycles. The number of benzene rings is 2. The normalized spacial score (nSPS) is 13.9. The predicted octanol–water partition coefficient (Wildman–Crippen LogP) is 4.22. The summed E-state index contributed by atoms with van der Waals surface area (Å²) in [7, 11) is 1.68. The first-order chi connectivity index (χ1) is 16.9. The highest BCUT2D eigenvalue weighted by atomic mass is 16.5. The SMILES string of the molecule is COc1cccc(N2CCN(C(=O)c3cnn4c(C)c(Cc5ccc(C)cc5)c(C)nc34)CC2)c1. The van der Waals surface area contributed by atoms with E-state index in [1.165, 1.54) is 11.1 Å². The topological polar surface area (TPSA) is 63.0 Å². The number of carbonyl (C=O) groups is 1. The molecule has 35 heavy (non-hydrogen) atoms. The zero-order valence-electron chi connectivity index (χ0n) is 20.8. The van der Waals surface area contributed by atoms with E-state index in [0.717, 1.165) is 47.9 Å². The van der Waals surface area contributed by atoms with Crippen LogP contribution in [0.25, 0.3) is 5.65 Å². The number of rotatable bonds is 5. The van der Waals surface area contributed by atoms with Crippen LogP contribution in [-0.2, 0) is 6.42 Å². The minimum absolute atomic E-state index is 0.0112. The second-order valence-corrected chi connectivity index (χ2v) is 9.20. The lowest BCUT2D eigenvalue weighted by Crippen LogP contribution is -2.48. The Kier molecular flexibility index (Phi) is 6.16. The predicted molar refractivity (Wildman–Crippen MR) is 138 cm³/mol. The van der Waals surface area contributed by atoms with Gasteiger partial charge in [-0.3, -0.25) is 4.79 Å². The van der Waals surface area contributed by atoms with Crippen molar-refractivity contribution in [1.29, 1.82) is 0 Å². The Bertz CT molecular complexity index is 1370. The van der Waals surface area contributed by atoms with Crippen molar-refractivity contribution in [2.24, 2.45) is 0 Å². The minimum atomic E-state index is -0.0112. The summed E-state index contributed by atoms with van der Waals surface area (Å²) in [5.41, 5.74) is 7.90. The second kappa shape index (κ2) is 9.41. The number of carbonyl (C=O) groups excluding carboxylic acids is 1. The molecular weight excluding hydrogens is 438 g/mol. The van der Waals surface area contributed by atoms with Gasteiger partial charge in [-0.25, -0.2) is 9.50 Å². The number of aromatic nitrogens is 3. The number of aryl methyl sites for hydroxylation is 3. The molecule has 2 aromatic carbocycles. The maximum atomic E-state index is 13.4. The number of amides is 1. The number of ether oxygens (including phenoxy) is 1. The molecule has 7 nitrogen and oxygen atoms in total. The number of piperazine rings is 1. The van der Waals surface area contributed by atoms with E-state index < -0.39 is 0 Å². The fourth-order valence-electron chi connectivity index (χ4n) is 4.77. The van der Waals surface area contributed by atoms with Gasteiger partial charge in [-0.05, 0) is 44.0 Å². The van der Waals surface area contributed by atoms with Crippen LogP contribution in [0.2, 0.25) is 0 Å². The van der Waals surface area contributed by atoms with Gasteiger partial charge in [0.1, 0.15) is 11.3 Å². The lowest BCUT2D eigenvalue weighted by Gasteiger charge is -2.36. The summed E-state index contributed by atoms with van der Waals surface area (Å²) in [6.45, 7) is 9.00. The first-order valence-electron chi connectivity index (χ1n) is 12.0. The van der Waals surface area contributed by atoms with Gasteiger partial charge in [0, 0.05) is 55.7 Å². The summed E-state index contributed by atoms with van der Waals surface area (Å²) in [5.74, 6) is 0.828. The average Bonchev–Trinajstić information content (AvgIpc) is 3.31. The van der Waals surface area contributed by atoms with Crippen LogP contribution in [0, 0.1) is 20.8 Å².